The van der Waals surface area contributed by atoms with Gasteiger partial charge in [0, 0.05) is 25.2 Å². The van der Waals surface area contributed by atoms with Crippen molar-refractivity contribution in [2.24, 2.45) is 0 Å². The van der Waals surface area contributed by atoms with Crippen LogP contribution < -0.4 is 5.73 Å². The fourth-order valence-corrected chi connectivity index (χ4v) is 3.44. The molecule has 5 nitrogen and oxygen atoms in total. The largest absolute Gasteiger partial charge is 0.368 e. The van der Waals surface area contributed by atoms with E-state index in [1.54, 1.807) is 0 Å². The summed E-state index contributed by atoms with van der Waals surface area (Å²) in [5, 5.41) is 6.79. The van der Waals surface area contributed by atoms with E-state index >= 15 is 0 Å². The molecule has 21 heavy (non-hydrogen) atoms. The van der Waals surface area contributed by atoms with Crippen LogP contribution in [0.2, 0.25) is 0 Å². The van der Waals surface area contributed by atoms with Crippen LogP contribution in [0, 0.1) is 4.77 Å². The van der Waals surface area contributed by atoms with Gasteiger partial charge >= 0.3 is 0 Å². The first-order valence-corrected chi connectivity index (χ1v) is 7.76. The lowest BCUT2D eigenvalue weighted by atomic mass is 9.97. The minimum Gasteiger partial charge on any atom is -0.368 e. The Labute approximate surface area is 129 Å². The van der Waals surface area contributed by atoms with Crippen LogP contribution in [-0.2, 0) is 6.54 Å². The number of aromatic nitrogens is 3. The molecule has 0 spiro atoms. The topological polar surface area (TPSA) is 62.9 Å². The molecule has 112 valence electrons. The number of nitrogen functional groups attached to an aromatic ring is 1. The van der Waals surface area contributed by atoms with Crippen LogP contribution in [0.5, 0.6) is 0 Å². The van der Waals surface area contributed by atoms with Gasteiger partial charge in [-0.3, -0.25) is 9.47 Å². The van der Waals surface area contributed by atoms with Crippen molar-refractivity contribution in [3.05, 3.63) is 40.7 Å². The number of likely N-dealkylation sites (tertiary alicyclic amines) is 1. The van der Waals surface area contributed by atoms with Gasteiger partial charge in [-0.1, -0.05) is 30.3 Å². The average Bonchev–Trinajstić information content (AvgIpc) is 2.82. The lowest BCUT2D eigenvalue weighted by Crippen LogP contribution is -2.41. The van der Waals surface area contributed by atoms with Crippen LogP contribution in [-0.4, -0.2) is 32.3 Å². The number of H-pyrrole nitrogens is 1. The van der Waals surface area contributed by atoms with Crippen LogP contribution in [0.15, 0.2) is 30.3 Å². The summed E-state index contributed by atoms with van der Waals surface area (Å²) in [7, 11) is 0. The number of hydrogen-bond donors (Lipinski definition) is 2. The number of nitrogens with zero attached hydrogens (tertiary/aromatic N) is 3. The van der Waals surface area contributed by atoms with Gasteiger partial charge in [0.05, 0.1) is 0 Å². The predicted molar refractivity (Wildman–Crippen MR) is 86.4 cm³/mol. The summed E-state index contributed by atoms with van der Waals surface area (Å²) < 4.78 is 2.59. The molecule has 2 atom stereocenters. The van der Waals surface area contributed by atoms with E-state index in [4.69, 9.17) is 18.0 Å². The van der Waals surface area contributed by atoms with Crippen molar-refractivity contribution < 1.29 is 0 Å². The Balaban J connectivity index is 1.69. The first kappa shape index (κ1) is 14.3. The van der Waals surface area contributed by atoms with Gasteiger partial charge in [0.1, 0.15) is 0 Å². The summed E-state index contributed by atoms with van der Waals surface area (Å²) in [6.07, 6.45) is 2.10. The molecular weight excluding hydrogens is 282 g/mol. The maximum Gasteiger partial charge on any atom is 0.220 e. The lowest BCUT2D eigenvalue weighted by molar-refractivity contribution is 0.119. The van der Waals surface area contributed by atoms with E-state index in [0.717, 1.165) is 25.9 Å². The number of rotatable bonds is 3. The van der Waals surface area contributed by atoms with Gasteiger partial charge in [-0.05, 0) is 37.5 Å². The van der Waals surface area contributed by atoms with E-state index in [2.05, 4.69) is 52.4 Å². The van der Waals surface area contributed by atoms with Crippen molar-refractivity contribution in [2.45, 2.75) is 38.4 Å². The molecule has 1 aliphatic heterocycles. The summed E-state index contributed by atoms with van der Waals surface area (Å²) >= 11 is 5.28. The first-order valence-electron chi connectivity index (χ1n) is 7.35. The quantitative estimate of drug-likeness (QED) is 0.856. The van der Waals surface area contributed by atoms with Crippen molar-refractivity contribution in [1.29, 1.82) is 0 Å². The molecule has 2 heterocycles. The van der Waals surface area contributed by atoms with Gasteiger partial charge in [0.2, 0.25) is 5.95 Å². The van der Waals surface area contributed by atoms with Crippen molar-refractivity contribution in [3.8, 4) is 0 Å². The molecule has 0 aliphatic carbocycles. The lowest BCUT2D eigenvalue weighted by Gasteiger charge is -2.38. The summed E-state index contributed by atoms with van der Waals surface area (Å²) in [6.45, 7) is 4.32. The highest BCUT2D eigenvalue weighted by molar-refractivity contribution is 7.71. The molecule has 2 unspecified atom stereocenters. The molecular formula is C15H21N5S. The standard InChI is InChI=1S/C15H21N5S/c1-11-9-13(20-14(16)17-18-15(20)21)7-8-19(11)10-12-5-3-2-4-6-12/h2-6,11,13H,7-10H2,1H3,(H2,16,17)(H,18,21). The number of aromatic amines is 1. The zero-order chi connectivity index (χ0) is 14.8. The Hall–Kier alpha value is -1.66. The summed E-state index contributed by atoms with van der Waals surface area (Å²) in [6, 6.07) is 11.5. The average molecular weight is 303 g/mol. The Morgan fingerprint density at radius 2 is 2.14 bits per heavy atom. The van der Waals surface area contributed by atoms with Crippen LogP contribution in [0.4, 0.5) is 5.95 Å². The smallest absolute Gasteiger partial charge is 0.220 e. The van der Waals surface area contributed by atoms with E-state index in [9.17, 15) is 0 Å². The molecule has 1 aromatic carbocycles. The summed E-state index contributed by atoms with van der Waals surface area (Å²) in [5.41, 5.74) is 7.28. The highest BCUT2D eigenvalue weighted by atomic mass is 32.1. The van der Waals surface area contributed by atoms with Crippen molar-refractivity contribution in [2.75, 3.05) is 12.3 Å². The van der Waals surface area contributed by atoms with Crippen molar-refractivity contribution in [1.82, 2.24) is 19.7 Å². The van der Waals surface area contributed by atoms with Gasteiger partial charge in [-0.2, -0.15) is 0 Å². The number of nitrogens with one attached hydrogen (secondary N) is 1. The van der Waals surface area contributed by atoms with Gasteiger partial charge < -0.3 is 5.73 Å². The second-order valence-corrected chi connectivity index (χ2v) is 6.13. The van der Waals surface area contributed by atoms with E-state index in [-0.39, 0.29) is 0 Å². The molecule has 1 saturated heterocycles. The van der Waals surface area contributed by atoms with Gasteiger partial charge in [-0.25, -0.2) is 5.10 Å². The Morgan fingerprint density at radius 1 is 1.38 bits per heavy atom. The highest BCUT2D eigenvalue weighted by Gasteiger charge is 2.27. The zero-order valence-corrected chi connectivity index (χ0v) is 13.0. The minimum atomic E-state index is 0.346. The number of hydrogen-bond acceptors (Lipinski definition) is 4. The monoisotopic (exact) mass is 303 g/mol. The molecule has 2 aromatic rings. The molecule has 0 bridgehead atoms. The van der Waals surface area contributed by atoms with Crippen LogP contribution in [0.25, 0.3) is 0 Å². The van der Waals surface area contributed by atoms with Gasteiger partial charge in [0.15, 0.2) is 4.77 Å². The molecule has 3 N–H and O–H groups in total. The maximum absolute atomic E-state index is 5.92. The van der Waals surface area contributed by atoms with Crippen molar-refractivity contribution in [3.63, 3.8) is 0 Å². The molecule has 0 radical (unpaired) electrons. The predicted octanol–water partition coefficient (Wildman–Crippen LogP) is 2.75. The number of piperidine rings is 1. The number of anilines is 1. The Morgan fingerprint density at radius 3 is 2.76 bits per heavy atom. The fourth-order valence-electron chi connectivity index (χ4n) is 3.15. The first-order chi connectivity index (χ1) is 10.1. The molecule has 1 aliphatic rings. The molecule has 6 heteroatoms. The van der Waals surface area contributed by atoms with Gasteiger partial charge in [0.25, 0.3) is 0 Å². The van der Waals surface area contributed by atoms with Crippen LogP contribution >= 0.6 is 12.2 Å². The molecule has 3 rings (SSSR count). The second kappa shape index (κ2) is 5.99. The number of nitrogens with two attached hydrogens (primary N) is 1. The van der Waals surface area contributed by atoms with E-state index in [0.29, 0.717) is 22.8 Å². The second-order valence-electron chi connectivity index (χ2n) is 5.74. The zero-order valence-electron chi connectivity index (χ0n) is 12.2. The molecule has 1 fully saturated rings. The highest BCUT2D eigenvalue weighted by Crippen LogP contribution is 2.29. The van der Waals surface area contributed by atoms with Crippen molar-refractivity contribution >= 4 is 18.2 Å². The number of benzene rings is 1. The maximum atomic E-state index is 5.92. The van der Waals surface area contributed by atoms with Crippen LogP contribution in [0.1, 0.15) is 31.4 Å². The summed E-state index contributed by atoms with van der Waals surface area (Å²) in [5.74, 6) is 0.494. The van der Waals surface area contributed by atoms with E-state index < -0.39 is 0 Å². The normalized spacial score (nSPS) is 23.3. The SMILES string of the molecule is CC1CC(n2c(N)n[nH]c2=S)CCN1Cc1ccccc1. The van der Waals surface area contributed by atoms with E-state index in [1.807, 2.05) is 4.57 Å². The van der Waals surface area contributed by atoms with Crippen LogP contribution in [0.3, 0.4) is 0 Å². The Bertz CT molecular complexity index is 648. The molecule has 0 amide bonds. The molecule has 0 saturated carbocycles. The fraction of sp³-hybridized carbons (Fsp3) is 0.467. The third-order valence-electron chi connectivity index (χ3n) is 4.31. The third kappa shape index (κ3) is 3.01. The minimum absolute atomic E-state index is 0.346. The van der Waals surface area contributed by atoms with E-state index in [1.165, 1.54) is 5.56 Å². The molecule has 1 aromatic heterocycles. The Kier molecular flexibility index (Phi) is 4.07. The van der Waals surface area contributed by atoms with Gasteiger partial charge in [-0.15, -0.1) is 5.10 Å². The summed E-state index contributed by atoms with van der Waals surface area (Å²) in [4.78, 5) is 2.52. The third-order valence-corrected chi connectivity index (χ3v) is 4.60.